The molecule has 0 aliphatic carbocycles. The van der Waals surface area contributed by atoms with Crippen LogP contribution in [0, 0.1) is 0 Å². The highest BCUT2D eigenvalue weighted by Crippen LogP contribution is 2.49. The van der Waals surface area contributed by atoms with Crippen molar-refractivity contribution in [3.63, 3.8) is 0 Å². The van der Waals surface area contributed by atoms with Gasteiger partial charge in [-0.05, 0) is 61.4 Å². The minimum Gasteiger partial charge on any atom is -0.482 e. The Hall–Kier alpha value is -2.16. The second-order valence-electron chi connectivity index (χ2n) is 8.10. The Morgan fingerprint density at radius 1 is 0.643 bits per heavy atom. The van der Waals surface area contributed by atoms with Gasteiger partial charge >= 0.3 is 0 Å². The van der Waals surface area contributed by atoms with Crippen LogP contribution in [0.3, 0.4) is 0 Å². The van der Waals surface area contributed by atoms with Crippen LogP contribution in [0.1, 0.15) is 36.1 Å². The molecule has 28 heavy (non-hydrogen) atoms. The highest BCUT2D eigenvalue weighted by molar-refractivity contribution is 6.30. The maximum Gasteiger partial charge on any atom is 0.135 e. The summed E-state index contributed by atoms with van der Waals surface area (Å²) >= 11 is 12.1. The average molecular weight is 411 g/mol. The summed E-state index contributed by atoms with van der Waals surface area (Å²) < 4.78 is 12.8. The van der Waals surface area contributed by atoms with E-state index >= 15 is 0 Å². The molecule has 3 aromatic carbocycles. The Morgan fingerprint density at radius 3 is 1.36 bits per heavy atom. The number of ether oxygens (including phenoxy) is 2. The lowest BCUT2D eigenvalue weighted by molar-refractivity contribution is 0.114. The first-order valence-corrected chi connectivity index (χ1v) is 10.2. The molecule has 4 heteroatoms. The Bertz CT molecular complexity index is 937. The van der Waals surface area contributed by atoms with E-state index in [-0.39, 0.29) is 11.2 Å². The average Bonchev–Trinajstić information content (AvgIpc) is 3.16. The molecule has 0 bridgehead atoms. The number of halogens is 2. The second-order valence-corrected chi connectivity index (χ2v) is 8.97. The first kappa shape index (κ1) is 17.9. The van der Waals surface area contributed by atoms with Gasteiger partial charge in [0.1, 0.15) is 22.7 Å². The Kier molecular flexibility index (Phi) is 3.94. The summed E-state index contributed by atoms with van der Waals surface area (Å²) in [4.78, 5) is 0. The van der Waals surface area contributed by atoms with Crippen molar-refractivity contribution < 1.29 is 9.47 Å². The molecule has 2 aliphatic heterocycles. The third-order valence-corrected chi connectivity index (χ3v) is 6.38. The highest BCUT2D eigenvalue weighted by Gasteiger charge is 2.41. The second kappa shape index (κ2) is 6.17. The summed E-state index contributed by atoms with van der Waals surface area (Å²) in [5.41, 5.74) is 3.83. The van der Waals surface area contributed by atoms with Crippen LogP contribution in [0.25, 0.3) is 0 Å². The Labute approximate surface area is 175 Å². The zero-order valence-corrected chi connectivity index (χ0v) is 17.3. The van der Waals surface area contributed by atoms with E-state index in [1.165, 1.54) is 11.1 Å². The number of fused-ring (bicyclic) bond motifs is 2. The molecule has 2 heterocycles. The standard InChI is InChI=1S/C24H20Cl2O2/c1-23(17-3-7-19(25)8-4-17)13-15-11-22-16(12-21(15)27-23)14-24(2,28-22)18-5-9-20(26)10-6-18/h3-12H,13-14H2,1-2H3/t23-,24-/m0/s1. The topological polar surface area (TPSA) is 18.5 Å². The summed E-state index contributed by atoms with van der Waals surface area (Å²) in [6.07, 6.45) is 1.61. The van der Waals surface area contributed by atoms with Crippen molar-refractivity contribution >= 4 is 23.2 Å². The van der Waals surface area contributed by atoms with E-state index in [9.17, 15) is 0 Å². The molecule has 0 radical (unpaired) electrons. The lowest BCUT2D eigenvalue weighted by Gasteiger charge is -2.25. The van der Waals surface area contributed by atoms with Crippen molar-refractivity contribution in [1.82, 2.24) is 0 Å². The molecule has 0 amide bonds. The minimum atomic E-state index is -0.387. The van der Waals surface area contributed by atoms with Crippen LogP contribution in [0.15, 0.2) is 60.7 Å². The molecule has 0 saturated carbocycles. The van der Waals surface area contributed by atoms with Crippen molar-refractivity contribution in [2.45, 2.75) is 37.9 Å². The van der Waals surface area contributed by atoms with Gasteiger partial charge in [0.05, 0.1) is 0 Å². The van der Waals surface area contributed by atoms with E-state index in [4.69, 9.17) is 32.7 Å². The lowest BCUT2D eigenvalue weighted by Crippen LogP contribution is -2.27. The van der Waals surface area contributed by atoms with E-state index < -0.39 is 0 Å². The van der Waals surface area contributed by atoms with Gasteiger partial charge in [-0.2, -0.15) is 0 Å². The van der Waals surface area contributed by atoms with E-state index in [0.29, 0.717) is 0 Å². The van der Waals surface area contributed by atoms with Gasteiger partial charge in [0.15, 0.2) is 0 Å². The lowest BCUT2D eigenvalue weighted by atomic mass is 9.89. The molecule has 0 aromatic heterocycles. The van der Waals surface area contributed by atoms with Gasteiger partial charge in [0, 0.05) is 34.0 Å². The number of hydrogen-bond acceptors (Lipinski definition) is 2. The van der Waals surface area contributed by atoms with E-state index in [1.54, 1.807) is 0 Å². The molecular weight excluding hydrogens is 391 g/mol. The van der Waals surface area contributed by atoms with Crippen molar-refractivity contribution in [3.05, 3.63) is 93.0 Å². The zero-order chi connectivity index (χ0) is 19.5. The third kappa shape index (κ3) is 2.87. The summed E-state index contributed by atoms with van der Waals surface area (Å²) in [7, 11) is 0. The fraction of sp³-hybridized carbons (Fsp3) is 0.250. The number of benzene rings is 3. The van der Waals surface area contributed by atoms with Gasteiger partial charge in [-0.1, -0.05) is 47.5 Å². The van der Waals surface area contributed by atoms with Crippen LogP contribution >= 0.6 is 23.2 Å². The molecule has 0 spiro atoms. The van der Waals surface area contributed by atoms with Crippen molar-refractivity contribution in [2.75, 3.05) is 0 Å². The monoisotopic (exact) mass is 410 g/mol. The number of rotatable bonds is 2. The van der Waals surface area contributed by atoms with Crippen molar-refractivity contribution in [2.24, 2.45) is 0 Å². The highest BCUT2D eigenvalue weighted by atomic mass is 35.5. The van der Waals surface area contributed by atoms with Gasteiger partial charge in [-0.3, -0.25) is 0 Å². The third-order valence-electron chi connectivity index (χ3n) is 5.88. The van der Waals surface area contributed by atoms with Crippen LogP contribution < -0.4 is 9.47 Å². The Balaban J connectivity index is 1.44. The van der Waals surface area contributed by atoms with Crippen molar-refractivity contribution in [1.29, 1.82) is 0 Å². The Morgan fingerprint density at radius 2 is 1.00 bits per heavy atom. The molecule has 5 rings (SSSR count). The van der Waals surface area contributed by atoms with Crippen molar-refractivity contribution in [3.8, 4) is 11.5 Å². The minimum absolute atomic E-state index is 0.387. The molecule has 2 atom stereocenters. The van der Waals surface area contributed by atoms with Crippen LogP contribution in [-0.4, -0.2) is 0 Å². The van der Waals surface area contributed by atoms with E-state index in [0.717, 1.165) is 45.5 Å². The summed E-state index contributed by atoms with van der Waals surface area (Å²) in [5, 5.41) is 1.47. The fourth-order valence-corrected chi connectivity index (χ4v) is 4.57. The van der Waals surface area contributed by atoms with Gasteiger partial charge in [0.25, 0.3) is 0 Å². The molecule has 2 nitrogen and oxygen atoms in total. The largest absolute Gasteiger partial charge is 0.482 e. The van der Waals surface area contributed by atoms with Crippen LogP contribution in [0.4, 0.5) is 0 Å². The quantitative estimate of drug-likeness (QED) is 0.468. The molecule has 2 aliphatic rings. The zero-order valence-electron chi connectivity index (χ0n) is 15.8. The molecule has 3 aromatic rings. The predicted molar refractivity (Wildman–Crippen MR) is 113 cm³/mol. The van der Waals surface area contributed by atoms with Gasteiger partial charge in [-0.25, -0.2) is 0 Å². The fourth-order valence-electron chi connectivity index (χ4n) is 4.32. The summed E-state index contributed by atoms with van der Waals surface area (Å²) in [6, 6.07) is 20.1. The first-order chi connectivity index (χ1) is 13.3. The van der Waals surface area contributed by atoms with Crippen LogP contribution in [0.5, 0.6) is 11.5 Å². The molecule has 0 saturated heterocycles. The molecule has 0 fully saturated rings. The summed E-state index contributed by atoms with van der Waals surface area (Å²) in [5.74, 6) is 1.89. The maximum absolute atomic E-state index is 6.42. The van der Waals surface area contributed by atoms with Crippen LogP contribution in [-0.2, 0) is 24.0 Å². The van der Waals surface area contributed by atoms with Gasteiger partial charge in [-0.15, -0.1) is 0 Å². The van der Waals surface area contributed by atoms with Crippen LogP contribution in [0.2, 0.25) is 10.0 Å². The maximum atomic E-state index is 6.42. The van der Waals surface area contributed by atoms with E-state index in [1.807, 2.05) is 48.5 Å². The SMILES string of the molecule is C[C@@]1(c2ccc(Cl)cc2)Cc2cc3c(cc2O1)C[C@@](C)(c1ccc(Cl)cc1)O3. The molecule has 0 N–H and O–H groups in total. The smallest absolute Gasteiger partial charge is 0.135 e. The molecule has 0 unspecified atom stereocenters. The van der Waals surface area contributed by atoms with E-state index in [2.05, 4.69) is 26.0 Å². The predicted octanol–water partition coefficient (Wildman–Crippen LogP) is 6.69. The normalized spacial score (nSPS) is 25.0. The molecular formula is C24H20Cl2O2. The van der Waals surface area contributed by atoms with Gasteiger partial charge in [0.2, 0.25) is 0 Å². The van der Waals surface area contributed by atoms with Gasteiger partial charge < -0.3 is 9.47 Å². The summed E-state index contributed by atoms with van der Waals surface area (Å²) in [6.45, 7) is 4.25. The first-order valence-electron chi connectivity index (χ1n) is 9.41. The molecule has 142 valence electrons. The number of hydrogen-bond donors (Lipinski definition) is 0.